The highest BCUT2D eigenvalue weighted by Crippen LogP contribution is 2.05. The summed E-state index contributed by atoms with van der Waals surface area (Å²) in [5, 5.41) is 34.2. The van der Waals surface area contributed by atoms with Crippen LogP contribution in [0.3, 0.4) is 0 Å². The summed E-state index contributed by atoms with van der Waals surface area (Å²) in [6.07, 6.45) is 0.707. The molecule has 23 heavy (non-hydrogen) atoms. The summed E-state index contributed by atoms with van der Waals surface area (Å²) in [7, 11) is 0. The predicted molar refractivity (Wildman–Crippen MR) is 76.5 cm³/mol. The Morgan fingerprint density at radius 2 is 1.83 bits per heavy atom. The van der Waals surface area contributed by atoms with Crippen LogP contribution in [0.5, 0.6) is 0 Å². The Labute approximate surface area is 132 Å². The molecule has 1 aliphatic heterocycles. The molecule has 0 aromatic carbocycles. The van der Waals surface area contributed by atoms with Crippen LogP contribution in [0, 0.1) is 0 Å². The highest BCUT2D eigenvalue weighted by atomic mass is 16.4. The van der Waals surface area contributed by atoms with Crippen LogP contribution in [0.25, 0.3) is 0 Å². The molecule has 1 heterocycles. The van der Waals surface area contributed by atoms with Crippen LogP contribution in [0.15, 0.2) is 0 Å². The summed E-state index contributed by atoms with van der Waals surface area (Å²) in [5.41, 5.74) is 0. The maximum atomic E-state index is 12.0. The Kier molecular flexibility index (Phi) is 7.42. The van der Waals surface area contributed by atoms with E-state index in [1.54, 1.807) is 0 Å². The van der Waals surface area contributed by atoms with Gasteiger partial charge in [0, 0.05) is 6.42 Å². The normalized spacial score (nSPS) is 19.6. The highest BCUT2D eigenvalue weighted by molar-refractivity contribution is 5.92. The van der Waals surface area contributed by atoms with Crippen molar-refractivity contribution in [2.45, 2.75) is 43.8 Å². The first-order chi connectivity index (χ1) is 10.8. The second kappa shape index (κ2) is 9.06. The van der Waals surface area contributed by atoms with Crippen LogP contribution >= 0.6 is 0 Å². The first-order valence-electron chi connectivity index (χ1n) is 7.24. The van der Waals surface area contributed by atoms with E-state index < -0.39 is 54.9 Å². The van der Waals surface area contributed by atoms with Crippen LogP contribution in [0.2, 0.25) is 0 Å². The van der Waals surface area contributed by atoms with Crippen LogP contribution in [-0.2, 0) is 19.2 Å². The molecule has 10 heteroatoms. The van der Waals surface area contributed by atoms with Gasteiger partial charge in [0.1, 0.15) is 12.1 Å². The van der Waals surface area contributed by atoms with Gasteiger partial charge in [-0.15, -0.1) is 0 Å². The first kappa shape index (κ1) is 18.8. The lowest BCUT2D eigenvalue weighted by Gasteiger charge is -2.21. The molecular formula is C13H21N3O7. The summed E-state index contributed by atoms with van der Waals surface area (Å²) in [6, 6.07) is -3.15. The van der Waals surface area contributed by atoms with Crippen molar-refractivity contribution in [3.63, 3.8) is 0 Å². The molecule has 2 amide bonds. The second-order valence-electron chi connectivity index (χ2n) is 5.22. The lowest BCUT2D eigenvalue weighted by molar-refractivity contribution is -0.143. The molecule has 1 rings (SSSR count). The third kappa shape index (κ3) is 6.20. The highest BCUT2D eigenvalue weighted by Gasteiger charge is 2.29. The van der Waals surface area contributed by atoms with Crippen molar-refractivity contribution in [2.75, 3.05) is 13.2 Å². The topological polar surface area (TPSA) is 165 Å². The molecular weight excluding hydrogens is 310 g/mol. The fourth-order valence-corrected chi connectivity index (χ4v) is 2.17. The molecule has 0 bridgehead atoms. The Morgan fingerprint density at radius 1 is 1.13 bits per heavy atom. The average Bonchev–Trinajstić information content (AvgIpc) is 3.02. The Bertz CT molecular complexity index is 462. The van der Waals surface area contributed by atoms with E-state index in [1.807, 2.05) is 0 Å². The van der Waals surface area contributed by atoms with Crippen molar-refractivity contribution >= 4 is 23.8 Å². The van der Waals surface area contributed by atoms with Gasteiger partial charge in [0.2, 0.25) is 11.8 Å². The zero-order chi connectivity index (χ0) is 17.4. The third-order valence-electron chi connectivity index (χ3n) is 3.45. The van der Waals surface area contributed by atoms with E-state index in [0.717, 1.165) is 6.42 Å². The number of hydrogen-bond donors (Lipinski definition) is 6. The zero-order valence-corrected chi connectivity index (χ0v) is 12.4. The molecule has 0 spiro atoms. The van der Waals surface area contributed by atoms with Crippen molar-refractivity contribution in [2.24, 2.45) is 0 Å². The van der Waals surface area contributed by atoms with Crippen molar-refractivity contribution in [3.8, 4) is 0 Å². The summed E-state index contributed by atoms with van der Waals surface area (Å²) >= 11 is 0. The van der Waals surface area contributed by atoms with Gasteiger partial charge < -0.3 is 31.3 Å². The molecule has 3 atom stereocenters. The van der Waals surface area contributed by atoms with Crippen LogP contribution in [-0.4, -0.2) is 70.3 Å². The van der Waals surface area contributed by atoms with Gasteiger partial charge in [0.15, 0.2) is 0 Å². The van der Waals surface area contributed by atoms with Crippen molar-refractivity contribution in [1.82, 2.24) is 16.0 Å². The molecule has 3 unspecified atom stereocenters. The molecule has 1 aliphatic rings. The molecule has 1 fully saturated rings. The molecule has 0 aromatic rings. The van der Waals surface area contributed by atoms with Gasteiger partial charge in [-0.05, 0) is 25.8 Å². The Balaban J connectivity index is 2.57. The van der Waals surface area contributed by atoms with Gasteiger partial charge in [0.05, 0.1) is 12.6 Å². The number of aliphatic hydroxyl groups is 1. The van der Waals surface area contributed by atoms with E-state index in [9.17, 15) is 24.3 Å². The zero-order valence-electron chi connectivity index (χ0n) is 12.4. The minimum Gasteiger partial charge on any atom is -0.481 e. The molecule has 0 aromatic heterocycles. The number of aliphatic hydroxyl groups excluding tert-OH is 1. The Morgan fingerprint density at radius 3 is 2.30 bits per heavy atom. The van der Waals surface area contributed by atoms with E-state index in [-0.39, 0.29) is 6.42 Å². The molecule has 0 radical (unpaired) electrons. The second-order valence-corrected chi connectivity index (χ2v) is 5.22. The van der Waals surface area contributed by atoms with Gasteiger partial charge in [-0.25, -0.2) is 4.79 Å². The Hall–Kier alpha value is -2.20. The summed E-state index contributed by atoms with van der Waals surface area (Å²) < 4.78 is 0. The average molecular weight is 331 g/mol. The van der Waals surface area contributed by atoms with E-state index in [2.05, 4.69) is 16.0 Å². The maximum absolute atomic E-state index is 12.0. The molecule has 1 saturated heterocycles. The number of nitrogens with one attached hydrogen (secondary N) is 3. The fourth-order valence-electron chi connectivity index (χ4n) is 2.17. The number of rotatable bonds is 9. The first-order valence-corrected chi connectivity index (χ1v) is 7.24. The van der Waals surface area contributed by atoms with Gasteiger partial charge in [-0.1, -0.05) is 0 Å². The summed E-state index contributed by atoms with van der Waals surface area (Å²) in [4.78, 5) is 45.4. The minimum absolute atomic E-state index is 0.299. The number of aliphatic carboxylic acids is 2. The summed E-state index contributed by atoms with van der Waals surface area (Å²) in [5.74, 6) is -3.91. The van der Waals surface area contributed by atoms with Crippen molar-refractivity contribution in [3.05, 3.63) is 0 Å². The number of carboxylic acids is 2. The fraction of sp³-hybridized carbons (Fsp3) is 0.692. The van der Waals surface area contributed by atoms with E-state index in [0.29, 0.717) is 13.0 Å². The quantitative estimate of drug-likeness (QED) is 0.273. The lowest BCUT2D eigenvalue weighted by Crippen LogP contribution is -2.55. The van der Waals surface area contributed by atoms with Crippen molar-refractivity contribution in [1.29, 1.82) is 0 Å². The molecule has 10 nitrogen and oxygen atoms in total. The largest absolute Gasteiger partial charge is 0.481 e. The summed E-state index contributed by atoms with van der Waals surface area (Å²) in [6.45, 7) is -0.0140. The van der Waals surface area contributed by atoms with Crippen LogP contribution < -0.4 is 16.0 Å². The molecule has 0 aliphatic carbocycles. The van der Waals surface area contributed by atoms with Gasteiger partial charge in [0.25, 0.3) is 0 Å². The molecule has 130 valence electrons. The van der Waals surface area contributed by atoms with Gasteiger partial charge >= 0.3 is 11.9 Å². The number of carboxylic acid groups (broad SMARTS) is 2. The standard InChI is InChI=1S/C13H21N3O7/c17-6-9(16-11(20)7-2-1-5-14-7)12(21)15-8(13(22)23)3-4-10(18)19/h7-9,14,17H,1-6H2,(H,15,21)(H,16,20)(H,18,19)(H,22,23). The molecule has 6 N–H and O–H groups in total. The third-order valence-corrected chi connectivity index (χ3v) is 3.45. The smallest absolute Gasteiger partial charge is 0.326 e. The van der Waals surface area contributed by atoms with E-state index >= 15 is 0 Å². The molecule has 0 saturated carbocycles. The number of amides is 2. The van der Waals surface area contributed by atoms with Crippen LogP contribution in [0.4, 0.5) is 0 Å². The number of hydrogen-bond acceptors (Lipinski definition) is 6. The van der Waals surface area contributed by atoms with E-state index in [4.69, 9.17) is 10.2 Å². The maximum Gasteiger partial charge on any atom is 0.326 e. The van der Waals surface area contributed by atoms with Crippen molar-refractivity contribution < 1.29 is 34.5 Å². The monoisotopic (exact) mass is 331 g/mol. The number of carbonyl (C=O) groups is 4. The lowest BCUT2D eigenvalue weighted by atomic mass is 10.1. The van der Waals surface area contributed by atoms with Crippen LogP contribution in [0.1, 0.15) is 25.7 Å². The van der Waals surface area contributed by atoms with Gasteiger partial charge in [-0.2, -0.15) is 0 Å². The SMILES string of the molecule is O=C(O)CCC(NC(=O)C(CO)NC(=O)C1CCCN1)C(=O)O. The van der Waals surface area contributed by atoms with E-state index in [1.165, 1.54) is 0 Å². The number of carbonyl (C=O) groups excluding carboxylic acids is 2. The predicted octanol–water partition coefficient (Wildman–Crippen LogP) is -2.35. The van der Waals surface area contributed by atoms with Gasteiger partial charge in [-0.3, -0.25) is 14.4 Å². The minimum atomic E-state index is -1.41.